The number of nitriles is 1. The highest BCUT2D eigenvalue weighted by Gasteiger charge is 2.03. The highest BCUT2D eigenvalue weighted by atomic mass is 32.2. The first kappa shape index (κ1) is 12.7. The van der Waals surface area contributed by atoms with E-state index >= 15 is 0 Å². The van der Waals surface area contributed by atoms with Crippen molar-refractivity contribution in [3.8, 4) is 6.07 Å². The molecule has 0 aliphatic carbocycles. The molecular weight excluding hydrogens is 238 g/mol. The Morgan fingerprint density at radius 1 is 0.889 bits per heavy atom. The van der Waals surface area contributed by atoms with Gasteiger partial charge in [0.1, 0.15) is 0 Å². The Balaban J connectivity index is 2.29. The Morgan fingerprint density at radius 3 is 2.28 bits per heavy atom. The molecule has 0 N–H and O–H groups in total. The van der Waals surface area contributed by atoms with Crippen LogP contribution in [-0.4, -0.2) is 0 Å². The summed E-state index contributed by atoms with van der Waals surface area (Å²) in [6, 6.07) is 14.5. The van der Waals surface area contributed by atoms with Crippen LogP contribution in [0.4, 0.5) is 0 Å². The summed E-state index contributed by atoms with van der Waals surface area (Å²) in [4.78, 5) is 2.45. The molecule has 0 radical (unpaired) electrons. The van der Waals surface area contributed by atoms with E-state index in [1.807, 2.05) is 25.1 Å². The summed E-state index contributed by atoms with van der Waals surface area (Å²) >= 11 is 1.75. The third-order valence-corrected chi connectivity index (χ3v) is 4.18. The normalized spacial score (nSPS) is 10.1. The molecule has 0 amide bonds. The van der Waals surface area contributed by atoms with Gasteiger partial charge >= 0.3 is 0 Å². The first-order chi connectivity index (χ1) is 8.60. The van der Waals surface area contributed by atoms with Crippen LogP contribution in [0.25, 0.3) is 0 Å². The van der Waals surface area contributed by atoms with Gasteiger partial charge in [-0.25, -0.2) is 0 Å². The van der Waals surface area contributed by atoms with Crippen LogP contribution in [0.1, 0.15) is 22.3 Å². The molecule has 0 heterocycles. The van der Waals surface area contributed by atoms with Crippen molar-refractivity contribution in [3.63, 3.8) is 0 Å². The Labute approximate surface area is 112 Å². The second-order valence-corrected chi connectivity index (χ2v) is 5.56. The molecule has 0 atom stereocenters. The molecule has 2 aromatic rings. The van der Waals surface area contributed by atoms with E-state index in [-0.39, 0.29) is 0 Å². The van der Waals surface area contributed by atoms with E-state index in [1.165, 1.54) is 20.9 Å². The van der Waals surface area contributed by atoms with Crippen LogP contribution >= 0.6 is 11.8 Å². The topological polar surface area (TPSA) is 23.8 Å². The maximum atomic E-state index is 8.85. The zero-order chi connectivity index (χ0) is 13.1. The number of rotatable bonds is 2. The lowest BCUT2D eigenvalue weighted by Crippen LogP contribution is -1.84. The Kier molecular flexibility index (Phi) is 3.74. The molecule has 0 fully saturated rings. The molecule has 0 unspecified atom stereocenters. The van der Waals surface area contributed by atoms with Crippen molar-refractivity contribution in [2.45, 2.75) is 30.6 Å². The van der Waals surface area contributed by atoms with Crippen LogP contribution in [0.2, 0.25) is 0 Å². The van der Waals surface area contributed by atoms with E-state index < -0.39 is 0 Å². The number of benzene rings is 2. The van der Waals surface area contributed by atoms with Gasteiger partial charge < -0.3 is 0 Å². The fraction of sp³-hybridized carbons (Fsp3) is 0.188. The number of nitrogens with zero attached hydrogens (tertiary/aromatic N) is 1. The van der Waals surface area contributed by atoms with Crippen LogP contribution in [-0.2, 0) is 0 Å². The van der Waals surface area contributed by atoms with Crippen molar-refractivity contribution in [2.75, 3.05) is 0 Å². The SMILES string of the molecule is Cc1ccc(Sc2ccc(C#N)cc2C)cc1C. The zero-order valence-corrected chi connectivity index (χ0v) is 11.6. The largest absolute Gasteiger partial charge is 0.192 e. The van der Waals surface area contributed by atoms with E-state index in [2.05, 4.69) is 38.1 Å². The molecule has 2 rings (SSSR count). The van der Waals surface area contributed by atoms with Gasteiger partial charge in [0.15, 0.2) is 0 Å². The summed E-state index contributed by atoms with van der Waals surface area (Å²) in [5, 5.41) is 8.85. The highest BCUT2D eigenvalue weighted by Crippen LogP contribution is 2.31. The standard InChI is InChI=1S/C16H15NS/c1-11-4-6-15(9-12(11)2)18-16-7-5-14(10-17)8-13(16)3/h4-9H,1-3H3. The van der Waals surface area contributed by atoms with Crippen molar-refractivity contribution < 1.29 is 0 Å². The van der Waals surface area contributed by atoms with Gasteiger partial charge in [-0.05, 0) is 67.8 Å². The first-order valence-electron chi connectivity index (χ1n) is 5.86. The summed E-state index contributed by atoms with van der Waals surface area (Å²) in [5.74, 6) is 0. The lowest BCUT2D eigenvalue weighted by atomic mass is 10.1. The Bertz CT molecular complexity index is 623. The smallest absolute Gasteiger partial charge is 0.0991 e. The van der Waals surface area contributed by atoms with E-state index in [0.29, 0.717) is 0 Å². The predicted molar refractivity (Wildman–Crippen MR) is 75.9 cm³/mol. The van der Waals surface area contributed by atoms with Crippen molar-refractivity contribution in [3.05, 3.63) is 58.7 Å². The zero-order valence-electron chi connectivity index (χ0n) is 10.8. The summed E-state index contributed by atoms with van der Waals surface area (Å²) in [6.45, 7) is 6.30. The summed E-state index contributed by atoms with van der Waals surface area (Å²) in [6.07, 6.45) is 0. The number of aryl methyl sites for hydroxylation is 3. The monoisotopic (exact) mass is 253 g/mol. The van der Waals surface area contributed by atoms with Crippen molar-refractivity contribution in [1.82, 2.24) is 0 Å². The second-order valence-electron chi connectivity index (χ2n) is 4.44. The maximum Gasteiger partial charge on any atom is 0.0991 e. The van der Waals surface area contributed by atoms with Gasteiger partial charge in [-0.15, -0.1) is 0 Å². The van der Waals surface area contributed by atoms with Crippen LogP contribution in [0.3, 0.4) is 0 Å². The molecule has 1 nitrogen and oxygen atoms in total. The molecule has 0 saturated carbocycles. The minimum absolute atomic E-state index is 0.719. The number of hydrogen-bond acceptors (Lipinski definition) is 2. The third-order valence-electron chi connectivity index (χ3n) is 3.01. The van der Waals surface area contributed by atoms with E-state index in [9.17, 15) is 0 Å². The average Bonchev–Trinajstić information content (AvgIpc) is 2.36. The molecule has 0 aliphatic rings. The molecule has 0 saturated heterocycles. The molecule has 2 aromatic carbocycles. The Morgan fingerprint density at radius 2 is 1.67 bits per heavy atom. The van der Waals surface area contributed by atoms with Gasteiger partial charge in [-0.3, -0.25) is 0 Å². The molecule has 0 aromatic heterocycles. The van der Waals surface area contributed by atoms with Crippen molar-refractivity contribution >= 4 is 11.8 Å². The van der Waals surface area contributed by atoms with Gasteiger partial charge in [-0.1, -0.05) is 17.8 Å². The summed E-state index contributed by atoms with van der Waals surface area (Å²) in [7, 11) is 0. The average molecular weight is 253 g/mol. The fourth-order valence-electron chi connectivity index (χ4n) is 1.74. The van der Waals surface area contributed by atoms with Gasteiger partial charge in [0.2, 0.25) is 0 Å². The molecule has 18 heavy (non-hydrogen) atoms. The van der Waals surface area contributed by atoms with Crippen molar-refractivity contribution in [2.24, 2.45) is 0 Å². The Hall–Kier alpha value is -1.72. The van der Waals surface area contributed by atoms with Crippen LogP contribution in [0, 0.1) is 32.1 Å². The maximum absolute atomic E-state index is 8.85. The van der Waals surface area contributed by atoms with Crippen LogP contribution < -0.4 is 0 Å². The minimum Gasteiger partial charge on any atom is -0.192 e. The van der Waals surface area contributed by atoms with E-state index in [4.69, 9.17) is 5.26 Å². The minimum atomic E-state index is 0.719. The molecule has 2 heteroatoms. The van der Waals surface area contributed by atoms with Crippen molar-refractivity contribution in [1.29, 1.82) is 5.26 Å². The molecule has 0 bridgehead atoms. The molecule has 0 aliphatic heterocycles. The van der Waals surface area contributed by atoms with Gasteiger partial charge in [0, 0.05) is 9.79 Å². The third kappa shape index (κ3) is 2.75. The highest BCUT2D eigenvalue weighted by molar-refractivity contribution is 7.99. The second kappa shape index (κ2) is 5.29. The molecule has 90 valence electrons. The van der Waals surface area contributed by atoms with Gasteiger partial charge in [-0.2, -0.15) is 5.26 Å². The lowest BCUT2D eigenvalue weighted by Gasteiger charge is -2.07. The summed E-state index contributed by atoms with van der Waals surface area (Å²) in [5.41, 5.74) is 4.50. The number of hydrogen-bond donors (Lipinski definition) is 0. The van der Waals surface area contributed by atoms with Crippen LogP contribution in [0.15, 0.2) is 46.2 Å². The predicted octanol–water partition coefficient (Wildman–Crippen LogP) is 4.63. The molecular formula is C16H15NS. The lowest BCUT2D eigenvalue weighted by molar-refractivity contribution is 1.25. The van der Waals surface area contributed by atoms with E-state index in [0.717, 1.165) is 11.1 Å². The fourth-order valence-corrected chi connectivity index (χ4v) is 2.72. The molecule has 0 spiro atoms. The first-order valence-corrected chi connectivity index (χ1v) is 6.67. The summed E-state index contributed by atoms with van der Waals surface area (Å²) < 4.78 is 0. The van der Waals surface area contributed by atoms with E-state index in [1.54, 1.807) is 11.8 Å². The van der Waals surface area contributed by atoms with Gasteiger partial charge in [0.05, 0.1) is 11.6 Å². The van der Waals surface area contributed by atoms with Crippen LogP contribution in [0.5, 0.6) is 0 Å². The quantitative estimate of drug-likeness (QED) is 0.778. The van der Waals surface area contributed by atoms with Gasteiger partial charge in [0.25, 0.3) is 0 Å².